The molecule has 2 aromatic carbocycles. The fraction of sp³-hybridized carbons (Fsp3) is 0.364. The Balaban J connectivity index is 1.22. The maximum Gasteiger partial charge on any atom is 0.260 e. The third kappa shape index (κ3) is 4.16. The van der Waals surface area contributed by atoms with Crippen LogP contribution in [0.3, 0.4) is 0 Å². The van der Waals surface area contributed by atoms with Crippen molar-refractivity contribution in [2.45, 2.75) is 12.3 Å². The Hall–Kier alpha value is -2.89. The predicted molar refractivity (Wildman–Crippen MR) is 102 cm³/mol. The van der Waals surface area contributed by atoms with Crippen molar-refractivity contribution in [1.82, 2.24) is 9.80 Å². The largest absolute Gasteiger partial charge is 0.484 e. The van der Waals surface area contributed by atoms with Crippen LogP contribution in [0.4, 0.5) is 4.39 Å². The molecule has 2 amide bonds. The summed E-state index contributed by atoms with van der Waals surface area (Å²) >= 11 is 0. The molecule has 1 heterocycles. The van der Waals surface area contributed by atoms with Crippen molar-refractivity contribution in [2.24, 2.45) is 5.92 Å². The summed E-state index contributed by atoms with van der Waals surface area (Å²) in [7, 11) is 0. The minimum atomic E-state index is -0.343. The fourth-order valence-corrected chi connectivity index (χ4v) is 3.71. The van der Waals surface area contributed by atoms with E-state index in [9.17, 15) is 14.0 Å². The lowest BCUT2D eigenvalue weighted by atomic mass is 10.1. The number of ether oxygens (including phenoxy) is 1. The number of benzene rings is 2. The van der Waals surface area contributed by atoms with E-state index in [1.165, 1.54) is 29.8 Å². The summed E-state index contributed by atoms with van der Waals surface area (Å²) in [5.41, 5.74) is 1.23. The number of hydrogen-bond acceptors (Lipinski definition) is 3. The van der Waals surface area contributed by atoms with Crippen LogP contribution < -0.4 is 4.74 Å². The quantitative estimate of drug-likeness (QED) is 0.799. The molecule has 2 atom stereocenters. The van der Waals surface area contributed by atoms with Crippen LogP contribution in [0.5, 0.6) is 5.75 Å². The molecule has 2 fully saturated rings. The Morgan fingerprint density at radius 1 is 0.929 bits per heavy atom. The van der Waals surface area contributed by atoms with Gasteiger partial charge in [0.1, 0.15) is 11.6 Å². The number of rotatable bonds is 5. The van der Waals surface area contributed by atoms with Gasteiger partial charge in [0.05, 0.1) is 0 Å². The lowest BCUT2D eigenvalue weighted by molar-refractivity contribution is -0.141. The van der Waals surface area contributed by atoms with Crippen molar-refractivity contribution in [3.8, 4) is 5.75 Å². The fourth-order valence-electron chi connectivity index (χ4n) is 3.71. The molecule has 2 unspecified atom stereocenters. The van der Waals surface area contributed by atoms with Crippen LogP contribution in [-0.4, -0.2) is 54.4 Å². The Morgan fingerprint density at radius 3 is 2.25 bits per heavy atom. The zero-order valence-electron chi connectivity index (χ0n) is 15.6. The lowest BCUT2D eigenvalue weighted by Gasteiger charge is -2.35. The first kappa shape index (κ1) is 18.5. The molecule has 0 N–H and O–H groups in total. The van der Waals surface area contributed by atoms with Crippen LogP contribution in [0.2, 0.25) is 0 Å². The van der Waals surface area contributed by atoms with E-state index in [0.29, 0.717) is 37.8 Å². The highest BCUT2D eigenvalue weighted by Crippen LogP contribution is 2.48. The molecule has 2 aromatic rings. The molecule has 1 aliphatic carbocycles. The van der Waals surface area contributed by atoms with Gasteiger partial charge in [-0.2, -0.15) is 0 Å². The number of carbonyl (C=O) groups is 2. The van der Waals surface area contributed by atoms with Gasteiger partial charge in [-0.25, -0.2) is 4.39 Å². The van der Waals surface area contributed by atoms with E-state index in [4.69, 9.17) is 4.74 Å². The first-order valence-electron chi connectivity index (χ1n) is 9.61. The van der Waals surface area contributed by atoms with Gasteiger partial charge in [0.25, 0.3) is 5.91 Å². The van der Waals surface area contributed by atoms with Crippen LogP contribution in [0.1, 0.15) is 17.9 Å². The second-order valence-electron chi connectivity index (χ2n) is 7.31. The van der Waals surface area contributed by atoms with Gasteiger partial charge in [-0.15, -0.1) is 0 Å². The summed E-state index contributed by atoms with van der Waals surface area (Å²) in [6.07, 6.45) is 0.910. The van der Waals surface area contributed by atoms with Crippen molar-refractivity contribution in [2.75, 3.05) is 32.8 Å². The van der Waals surface area contributed by atoms with Gasteiger partial charge in [0.15, 0.2) is 6.61 Å². The van der Waals surface area contributed by atoms with E-state index in [0.717, 1.165) is 6.42 Å². The molecule has 1 saturated carbocycles. The minimum absolute atomic E-state index is 0.0754. The SMILES string of the molecule is O=C(COc1ccc(F)cc1)N1CCN(C(=O)C2CC2c2ccccc2)CC1. The van der Waals surface area contributed by atoms with Gasteiger partial charge in [-0.1, -0.05) is 30.3 Å². The third-order valence-electron chi connectivity index (χ3n) is 5.46. The first-order chi connectivity index (χ1) is 13.6. The number of hydrogen-bond donors (Lipinski definition) is 0. The first-order valence-corrected chi connectivity index (χ1v) is 9.61. The molecular formula is C22H23FN2O3. The summed E-state index contributed by atoms with van der Waals surface area (Å²) in [6, 6.07) is 15.7. The molecule has 146 valence electrons. The van der Waals surface area contributed by atoms with Crippen LogP contribution in [0, 0.1) is 11.7 Å². The topological polar surface area (TPSA) is 49.9 Å². The molecule has 6 heteroatoms. The Labute approximate surface area is 163 Å². The Kier molecular flexibility index (Phi) is 5.28. The van der Waals surface area contributed by atoms with Crippen molar-refractivity contribution in [1.29, 1.82) is 0 Å². The van der Waals surface area contributed by atoms with Crippen molar-refractivity contribution in [3.05, 3.63) is 66.0 Å². The zero-order chi connectivity index (χ0) is 19.5. The van der Waals surface area contributed by atoms with E-state index >= 15 is 0 Å². The Morgan fingerprint density at radius 2 is 1.57 bits per heavy atom. The molecule has 5 nitrogen and oxygen atoms in total. The summed E-state index contributed by atoms with van der Waals surface area (Å²) in [6.45, 7) is 2.05. The second kappa shape index (κ2) is 8.00. The van der Waals surface area contributed by atoms with Crippen molar-refractivity contribution in [3.63, 3.8) is 0 Å². The highest BCUT2D eigenvalue weighted by atomic mass is 19.1. The number of amides is 2. The number of halogens is 1. The van der Waals surface area contributed by atoms with E-state index in [2.05, 4.69) is 12.1 Å². The monoisotopic (exact) mass is 382 g/mol. The summed E-state index contributed by atoms with van der Waals surface area (Å²) < 4.78 is 18.3. The zero-order valence-corrected chi connectivity index (χ0v) is 15.6. The molecule has 28 heavy (non-hydrogen) atoms. The predicted octanol–water partition coefficient (Wildman–Crippen LogP) is 2.68. The van der Waals surface area contributed by atoms with Gasteiger partial charge in [0, 0.05) is 32.1 Å². The number of piperazine rings is 1. The van der Waals surface area contributed by atoms with E-state index in [-0.39, 0.29) is 30.2 Å². The lowest BCUT2D eigenvalue weighted by Crippen LogP contribution is -2.52. The summed E-state index contributed by atoms with van der Waals surface area (Å²) in [4.78, 5) is 28.6. The average Bonchev–Trinajstić information content (AvgIpc) is 3.54. The molecule has 1 aliphatic heterocycles. The standard InChI is InChI=1S/C22H23FN2O3/c23-17-6-8-18(9-7-17)28-15-21(26)24-10-12-25(13-11-24)22(27)20-14-19(20)16-4-2-1-3-5-16/h1-9,19-20H,10-15H2. The number of nitrogens with zero attached hydrogens (tertiary/aromatic N) is 2. The highest BCUT2D eigenvalue weighted by molar-refractivity contribution is 5.83. The van der Waals surface area contributed by atoms with E-state index in [1.807, 2.05) is 23.1 Å². The van der Waals surface area contributed by atoms with Gasteiger partial charge < -0.3 is 14.5 Å². The molecule has 1 saturated heterocycles. The molecule has 4 rings (SSSR count). The van der Waals surface area contributed by atoms with Crippen molar-refractivity contribution < 1.29 is 18.7 Å². The molecule has 2 aliphatic rings. The highest BCUT2D eigenvalue weighted by Gasteiger charge is 2.46. The van der Waals surface area contributed by atoms with Gasteiger partial charge >= 0.3 is 0 Å². The van der Waals surface area contributed by atoms with Crippen LogP contribution in [-0.2, 0) is 9.59 Å². The van der Waals surface area contributed by atoms with E-state index in [1.54, 1.807) is 4.90 Å². The summed E-state index contributed by atoms with van der Waals surface area (Å²) in [5, 5.41) is 0. The Bertz CT molecular complexity index is 833. The normalized spacial score (nSPS) is 21.3. The molecule has 0 spiro atoms. The van der Waals surface area contributed by atoms with Crippen LogP contribution >= 0.6 is 0 Å². The van der Waals surface area contributed by atoms with Crippen LogP contribution in [0.25, 0.3) is 0 Å². The van der Waals surface area contributed by atoms with Crippen LogP contribution in [0.15, 0.2) is 54.6 Å². The van der Waals surface area contributed by atoms with Gasteiger partial charge in [-0.3, -0.25) is 9.59 Å². The number of carbonyl (C=O) groups excluding carboxylic acids is 2. The second-order valence-corrected chi connectivity index (χ2v) is 7.31. The molecule has 0 radical (unpaired) electrons. The van der Waals surface area contributed by atoms with Crippen molar-refractivity contribution >= 4 is 11.8 Å². The minimum Gasteiger partial charge on any atom is -0.484 e. The van der Waals surface area contributed by atoms with Gasteiger partial charge in [-0.05, 0) is 42.2 Å². The average molecular weight is 382 g/mol. The molecular weight excluding hydrogens is 359 g/mol. The molecule has 0 aromatic heterocycles. The maximum atomic E-state index is 12.9. The maximum absolute atomic E-state index is 12.9. The smallest absolute Gasteiger partial charge is 0.260 e. The van der Waals surface area contributed by atoms with E-state index < -0.39 is 0 Å². The molecule has 0 bridgehead atoms. The van der Waals surface area contributed by atoms with Gasteiger partial charge in [0.2, 0.25) is 5.91 Å². The summed E-state index contributed by atoms with van der Waals surface area (Å²) in [5.74, 6) is 0.603. The third-order valence-corrected chi connectivity index (χ3v) is 5.46.